The predicted octanol–water partition coefficient (Wildman–Crippen LogP) is 2.38. The van der Waals surface area contributed by atoms with E-state index in [1.165, 1.54) is 6.92 Å². The Morgan fingerprint density at radius 1 is 1.00 bits per heavy atom. The van der Waals surface area contributed by atoms with Crippen molar-refractivity contribution in [3.05, 3.63) is 70.1 Å². The number of carbonyl (C=O) groups is 1. The molecule has 0 spiro atoms. The molecule has 1 atom stereocenters. The van der Waals surface area contributed by atoms with Gasteiger partial charge >= 0.3 is 0 Å². The maximum absolute atomic E-state index is 11.7. The molecule has 0 radical (unpaired) electrons. The summed E-state index contributed by atoms with van der Waals surface area (Å²) in [6.07, 6.45) is 3.60. The molecule has 1 unspecified atom stereocenters. The number of allylic oxidation sites excluding steroid dienone is 6. The van der Waals surface area contributed by atoms with E-state index in [0.717, 1.165) is 0 Å². The molecular weight excluding hydrogens is 390 g/mol. The first kappa shape index (κ1) is 20.8. The maximum atomic E-state index is 11.7. The Morgan fingerprint density at radius 3 is 1.97 bits per heavy atom. The van der Waals surface area contributed by atoms with Crippen LogP contribution in [0.1, 0.15) is 24.5 Å². The summed E-state index contributed by atoms with van der Waals surface area (Å²) in [6, 6.07) is 13.8. The number of rotatable bonds is 2. The monoisotopic (exact) mass is 405 g/mol. The van der Waals surface area contributed by atoms with Crippen LogP contribution in [0.2, 0.25) is 0 Å². The summed E-state index contributed by atoms with van der Waals surface area (Å²) >= 11 is 0. The van der Waals surface area contributed by atoms with E-state index >= 15 is 0 Å². The standard InChI is InChI=1S/C23H15N7O/c1-13(31)29-20-8-16(28)6-7-19(20)30-23-21(14(9-24)10-25)17-4-2-3-5-18(17)22(23)15(11-26)12-27/h2-7,20H,8,28H2,1H3,(H,29,31). The second kappa shape index (κ2) is 8.62. The van der Waals surface area contributed by atoms with E-state index in [2.05, 4.69) is 10.3 Å². The first-order valence-corrected chi connectivity index (χ1v) is 9.16. The Balaban J connectivity index is 2.39. The molecule has 8 heteroatoms. The molecule has 8 nitrogen and oxygen atoms in total. The zero-order valence-corrected chi connectivity index (χ0v) is 16.5. The van der Waals surface area contributed by atoms with Gasteiger partial charge in [-0.05, 0) is 23.3 Å². The molecule has 148 valence electrons. The van der Waals surface area contributed by atoms with Crippen LogP contribution in [0.15, 0.2) is 64.0 Å². The van der Waals surface area contributed by atoms with Crippen molar-refractivity contribution in [2.75, 3.05) is 0 Å². The van der Waals surface area contributed by atoms with Gasteiger partial charge < -0.3 is 11.1 Å². The van der Waals surface area contributed by atoms with Gasteiger partial charge in [0.2, 0.25) is 5.91 Å². The summed E-state index contributed by atoms with van der Waals surface area (Å²) in [7, 11) is 0. The van der Waals surface area contributed by atoms with Crippen molar-refractivity contribution in [3.8, 4) is 24.3 Å². The van der Waals surface area contributed by atoms with Crippen molar-refractivity contribution in [2.24, 2.45) is 10.7 Å². The predicted molar refractivity (Wildman–Crippen MR) is 113 cm³/mol. The molecule has 0 aromatic heterocycles. The maximum Gasteiger partial charge on any atom is 0.217 e. The highest BCUT2D eigenvalue weighted by molar-refractivity contribution is 6.51. The summed E-state index contributed by atoms with van der Waals surface area (Å²) in [5, 5.41) is 41.0. The van der Waals surface area contributed by atoms with Crippen LogP contribution in [0.25, 0.3) is 11.1 Å². The first-order chi connectivity index (χ1) is 14.9. The number of aliphatic imine (C=N–C) groups is 1. The van der Waals surface area contributed by atoms with E-state index in [-0.39, 0.29) is 33.9 Å². The molecule has 2 aliphatic rings. The number of hydrogen-bond acceptors (Lipinski definition) is 7. The molecule has 1 aromatic carbocycles. The zero-order chi connectivity index (χ0) is 22.5. The molecule has 0 saturated carbocycles. The minimum absolute atomic E-state index is 0.160. The second-order valence-electron chi connectivity index (χ2n) is 6.74. The molecule has 0 aliphatic heterocycles. The summed E-state index contributed by atoms with van der Waals surface area (Å²) in [5.41, 5.74) is 8.18. The van der Waals surface area contributed by atoms with Gasteiger partial charge in [0.05, 0.1) is 17.5 Å². The van der Waals surface area contributed by atoms with Crippen molar-refractivity contribution in [2.45, 2.75) is 19.4 Å². The number of nitriles is 4. The normalized spacial score (nSPS) is 16.4. The van der Waals surface area contributed by atoms with Gasteiger partial charge in [-0.25, -0.2) is 4.99 Å². The fourth-order valence-corrected chi connectivity index (χ4v) is 3.52. The molecule has 1 amide bonds. The van der Waals surface area contributed by atoms with Crippen molar-refractivity contribution in [1.29, 1.82) is 21.0 Å². The average Bonchev–Trinajstić information content (AvgIpc) is 3.06. The van der Waals surface area contributed by atoms with Crippen LogP contribution in [0.4, 0.5) is 0 Å². The molecule has 3 rings (SSSR count). The third kappa shape index (κ3) is 3.83. The van der Waals surface area contributed by atoms with Crippen LogP contribution in [0.5, 0.6) is 0 Å². The highest BCUT2D eigenvalue weighted by Crippen LogP contribution is 2.42. The summed E-state index contributed by atoms with van der Waals surface area (Å²) in [6.45, 7) is 1.37. The Kier molecular flexibility index (Phi) is 5.78. The van der Waals surface area contributed by atoms with Crippen LogP contribution in [0.3, 0.4) is 0 Å². The van der Waals surface area contributed by atoms with E-state index in [1.54, 1.807) is 36.4 Å². The number of nitrogens with two attached hydrogens (primary N) is 1. The lowest BCUT2D eigenvalue weighted by Gasteiger charge is -2.22. The van der Waals surface area contributed by atoms with E-state index in [0.29, 0.717) is 28.9 Å². The molecule has 0 fully saturated rings. The fraction of sp³-hybridized carbons (Fsp3) is 0.130. The molecule has 0 bridgehead atoms. The smallest absolute Gasteiger partial charge is 0.217 e. The quantitative estimate of drug-likeness (QED) is 0.717. The number of nitrogens with one attached hydrogen (secondary N) is 1. The Labute approximate surface area is 178 Å². The Morgan fingerprint density at radius 2 is 1.52 bits per heavy atom. The van der Waals surface area contributed by atoms with Crippen LogP contribution >= 0.6 is 0 Å². The largest absolute Gasteiger partial charge is 0.402 e. The van der Waals surface area contributed by atoms with Crippen molar-refractivity contribution in [1.82, 2.24) is 5.32 Å². The molecule has 2 aliphatic carbocycles. The third-order valence-corrected chi connectivity index (χ3v) is 4.77. The van der Waals surface area contributed by atoms with Crippen molar-refractivity contribution < 1.29 is 4.79 Å². The number of nitrogens with zero attached hydrogens (tertiary/aromatic N) is 5. The Hall–Kier alpha value is -4.92. The van der Waals surface area contributed by atoms with Gasteiger partial charge in [0.25, 0.3) is 0 Å². The number of carbonyl (C=O) groups excluding carboxylic acids is 1. The van der Waals surface area contributed by atoms with Crippen LogP contribution in [0, 0.1) is 45.3 Å². The molecule has 3 N–H and O–H groups in total. The first-order valence-electron chi connectivity index (χ1n) is 9.16. The minimum atomic E-state index is -0.540. The van der Waals surface area contributed by atoms with Gasteiger partial charge in [-0.2, -0.15) is 21.0 Å². The number of hydrogen-bond donors (Lipinski definition) is 2. The summed E-state index contributed by atoms with van der Waals surface area (Å²) in [5.74, 6) is -0.281. The van der Waals surface area contributed by atoms with E-state index in [4.69, 9.17) is 5.73 Å². The van der Waals surface area contributed by atoms with E-state index < -0.39 is 6.04 Å². The summed E-state index contributed by atoms with van der Waals surface area (Å²) in [4.78, 5) is 16.3. The summed E-state index contributed by atoms with van der Waals surface area (Å²) < 4.78 is 0. The number of benzene rings is 1. The van der Waals surface area contributed by atoms with Gasteiger partial charge in [0, 0.05) is 30.2 Å². The van der Waals surface area contributed by atoms with E-state index in [1.807, 2.05) is 24.3 Å². The highest BCUT2D eigenvalue weighted by atomic mass is 16.1. The topological polar surface area (TPSA) is 163 Å². The van der Waals surface area contributed by atoms with Crippen LogP contribution < -0.4 is 11.1 Å². The zero-order valence-electron chi connectivity index (χ0n) is 16.5. The lowest BCUT2D eigenvalue weighted by molar-refractivity contribution is -0.119. The van der Waals surface area contributed by atoms with Gasteiger partial charge in [-0.3, -0.25) is 4.79 Å². The Bertz CT molecular complexity index is 1210. The third-order valence-electron chi connectivity index (χ3n) is 4.77. The van der Waals surface area contributed by atoms with E-state index in [9.17, 15) is 25.8 Å². The van der Waals surface area contributed by atoms with Gasteiger partial charge in [-0.15, -0.1) is 0 Å². The molecule has 0 heterocycles. The fourth-order valence-electron chi connectivity index (χ4n) is 3.52. The molecular formula is C23H15N7O. The highest BCUT2D eigenvalue weighted by Gasteiger charge is 2.34. The lowest BCUT2D eigenvalue weighted by Crippen LogP contribution is -2.36. The van der Waals surface area contributed by atoms with Gasteiger partial charge in [0.1, 0.15) is 35.4 Å². The van der Waals surface area contributed by atoms with Crippen molar-refractivity contribution >= 4 is 22.8 Å². The van der Waals surface area contributed by atoms with Gasteiger partial charge in [0.15, 0.2) is 0 Å². The second-order valence-corrected chi connectivity index (χ2v) is 6.74. The van der Waals surface area contributed by atoms with Crippen LogP contribution in [-0.2, 0) is 4.79 Å². The van der Waals surface area contributed by atoms with Gasteiger partial charge in [-0.1, -0.05) is 24.3 Å². The molecule has 0 saturated heterocycles. The SMILES string of the molecule is CC(=O)NC1CC(N)=CC=C1N=C1C(=C(C#N)C#N)c2ccccc2C1=C(C#N)C#N. The average molecular weight is 405 g/mol. The molecule has 1 aromatic rings. The minimum Gasteiger partial charge on any atom is -0.402 e. The number of fused-ring (bicyclic) bond motifs is 1. The lowest BCUT2D eigenvalue weighted by atomic mass is 9.98. The van der Waals surface area contributed by atoms with Crippen molar-refractivity contribution in [3.63, 3.8) is 0 Å². The number of amides is 1. The van der Waals surface area contributed by atoms with Crippen LogP contribution in [-0.4, -0.2) is 17.7 Å². The molecule has 31 heavy (non-hydrogen) atoms.